The Bertz CT molecular complexity index is 617. The summed E-state index contributed by atoms with van der Waals surface area (Å²) in [4.78, 5) is 15.1. The lowest BCUT2D eigenvalue weighted by Gasteiger charge is -2.36. The molecule has 0 saturated heterocycles. The van der Waals surface area contributed by atoms with Gasteiger partial charge in [0.15, 0.2) is 6.29 Å². The Kier molecular flexibility index (Phi) is 3.15. The van der Waals surface area contributed by atoms with E-state index in [1.165, 1.54) is 10.4 Å². The topological polar surface area (TPSA) is 20.3 Å². The Morgan fingerprint density at radius 3 is 3.00 bits per heavy atom. The number of aldehydes is 1. The molecule has 3 heteroatoms. The second-order valence-electron chi connectivity index (χ2n) is 5.10. The van der Waals surface area contributed by atoms with Crippen LogP contribution in [0.5, 0.6) is 0 Å². The van der Waals surface area contributed by atoms with Crippen LogP contribution in [0.4, 0.5) is 5.69 Å². The van der Waals surface area contributed by atoms with Crippen molar-refractivity contribution in [2.24, 2.45) is 0 Å². The van der Waals surface area contributed by atoms with Crippen molar-refractivity contribution in [3.8, 4) is 0 Å². The van der Waals surface area contributed by atoms with Gasteiger partial charge in [-0.1, -0.05) is 11.6 Å². The van der Waals surface area contributed by atoms with Crippen molar-refractivity contribution in [1.82, 2.24) is 0 Å². The standard InChI is InChI=1S/C16H17NOS/c1-11-3-4-15(13(9-11)10-18)17-7-5-16-14(12(17)2)6-8-19-16/h3-4,6,8-10,12H,5,7H2,1-2H3. The number of hydrogen-bond donors (Lipinski definition) is 0. The summed E-state index contributed by atoms with van der Waals surface area (Å²) in [7, 11) is 0. The van der Waals surface area contributed by atoms with E-state index >= 15 is 0 Å². The van der Waals surface area contributed by atoms with Crippen molar-refractivity contribution in [3.05, 3.63) is 51.2 Å². The number of benzene rings is 1. The molecule has 0 aliphatic carbocycles. The van der Waals surface area contributed by atoms with Crippen molar-refractivity contribution in [2.75, 3.05) is 11.4 Å². The Morgan fingerprint density at radius 2 is 2.21 bits per heavy atom. The average molecular weight is 271 g/mol. The number of anilines is 1. The molecular weight excluding hydrogens is 254 g/mol. The van der Waals surface area contributed by atoms with Crippen LogP contribution in [-0.2, 0) is 6.42 Å². The minimum atomic E-state index is 0.344. The van der Waals surface area contributed by atoms with Crippen LogP contribution in [0.15, 0.2) is 29.6 Å². The molecule has 2 heterocycles. The van der Waals surface area contributed by atoms with Gasteiger partial charge in [-0.25, -0.2) is 0 Å². The lowest BCUT2D eigenvalue weighted by molar-refractivity contribution is 0.112. The summed E-state index contributed by atoms with van der Waals surface area (Å²) in [6, 6.07) is 8.69. The highest BCUT2D eigenvalue weighted by Gasteiger charge is 2.26. The minimum Gasteiger partial charge on any atom is -0.364 e. The molecule has 1 aromatic carbocycles. The number of hydrogen-bond acceptors (Lipinski definition) is 3. The molecule has 98 valence electrons. The molecule has 1 aliphatic heterocycles. The van der Waals surface area contributed by atoms with E-state index in [1.54, 1.807) is 0 Å². The molecule has 2 nitrogen and oxygen atoms in total. The van der Waals surface area contributed by atoms with Crippen LogP contribution in [0.1, 0.15) is 39.3 Å². The van der Waals surface area contributed by atoms with Gasteiger partial charge in [-0.3, -0.25) is 4.79 Å². The molecular formula is C16H17NOS. The molecule has 1 atom stereocenters. The molecule has 0 radical (unpaired) electrons. The van der Waals surface area contributed by atoms with Crippen molar-refractivity contribution in [2.45, 2.75) is 26.3 Å². The fraction of sp³-hybridized carbons (Fsp3) is 0.312. The lowest BCUT2D eigenvalue weighted by atomic mass is 9.99. The zero-order chi connectivity index (χ0) is 13.4. The normalized spacial score (nSPS) is 18.2. The van der Waals surface area contributed by atoms with Crippen LogP contribution in [-0.4, -0.2) is 12.8 Å². The Morgan fingerprint density at radius 1 is 1.37 bits per heavy atom. The third-order valence-corrected chi connectivity index (χ3v) is 4.89. The Balaban J connectivity index is 2.02. The molecule has 3 rings (SSSR count). The van der Waals surface area contributed by atoms with E-state index in [0.717, 1.165) is 36.1 Å². The summed E-state index contributed by atoms with van der Waals surface area (Å²) in [5, 5.41) is 2.17. The van der Waals surface area contributed by atoms with Crippen LogP contribution in [0.25, 0.3) is 0 Å². The molecule has 1 unspecified atom stereocenters. The first-order chi connectivity index (χ1) is 9.20. The quantitative estimate of drug-likeness (QED) is 0.770. The summed E-state index contributed by atoms with van der Waals surface area (Å²) < 4.78 is 0. The average Bonchev–Trinajstić information content (AvgIpc) is 2.89. The third-order valence-electron chi connectivity index (χ3n) is 3.90. The van der Waals surface area contributed by atoms with E-state index < -0.39 is 0 Å². The number of carbonyl (C=O) groups excluding carboxylic acids is 1. The minimum absolute atomic E-state index is 0.344. The maximum atomic E-state index is 11.3. The fourth-order valence-electron chi connectivity index (χ4n) is 2.87. The van der Waals surface area contributed by atoms with Crippen molar-refractivity contribution in [3.63, 3.8) is 0 Å². The number of rotatable bonds is 2. The predicted octanol–water partition coefficient (Wildman–Crippen LogP) is 3.99. The van der Waals surface area contributed by atoms with Crippen molar-refractivity contribution in [1.29, 1.82) is 0 Å². The van der Waals surface area contributed by atoms with Gasteiger partial charge in [0.25, 0.3) is 0 Å². The molecule has 0 spiro atoms. The van der Waals surface area contributed by atoms with Gasteiger partial charge in [0.2, 0.25) is 0 Å². The lowest BCUT2D eigenvalue weighted by Crippen LogP contribution is -2.33. The van der Waals surface area contributed by atoms with Crippen LogP contribution < -0.4 is 4.90 Å². The van der Waals surface area contributed by atoms with Gasteiger partial charge in [-0.05, 0) is 49.4 Å². The molecule has 1 aromatic heterocycles. The van der Waals surface area contributed by atoms with E-state index in [-0.39, 0.29) is 0 Å². The van der Waals surface area contributed by atoms with Crippen molar-refractivity contribution >= 4 is 23.3 Å². The molecule has 2 aromatic rings. The Labute approximate surface area is 117 Å². The summed E-state index contributed by atoms with van der Waals surface area (Å²) in [6.45, 7) is 5.23. The summed E-state index contributed by atoms with van der Waals surface area (Å²) in [6.07, 6.45) is 2.04. The highest BCUT2D eigenvalue weighted by molar-refractivity contribution is 7.10. The molecule has 0 N–H and O–H groups in total. The number of fused-ring (bicyclic) bond motifs is 1. The molecule has 0 bridgehead atoms. The van der Waals surface area contributed by atoms with Gasteiger partial charge < -0.3 is 4.90 Å². The van der Waals surface area contributed by atoms with E-state index in [0.29, 0.717) is 6.04 Å². The second-order valence-corrected chi connectivity index (χ2v) is 6.10. The van der Waals surface area contributed by atoms with Gasteiger partial charge in [0.1, 0.15) is 0 Å². The monoisotopic (exact) mass is 271 g/mol. The fourth-order valence-corrected chi connectivity index (χ4v) is 3.83. The predicted molar refractivity (Wildman–Crippen MR) is 80.4 cm³/mol. The molecule has 19 heavy (non-hydrogen) atoms. The van der Waals surface area contributed by atoms with Gasteiger partial charge in [0.05, 0.1) is 6.04 Å². The number of carbonyl (C=O) groups is 1. The SMILES string of the molecule is Cc1ccc(N2CCc3sccc3C2C)c(C=O)c1. The van der Waals surface area contributed by atoms with Crippen LogP contribution in [0, 0.1) is 6.92 Å². The zero-order valence-electron chi connectivity index (χ0n) is 11.2. The smallest absolute Gasteiger partial charge is 0.152 e. The number of nitrogens with zero attached hydrogens (tertiary/aromatic N) is 1. The maximum Gasteiger partial charge on any atom is 0.152 e. The molecule has 0 amide bonds. The number of thiophene rings is 1. The largest absolute Gasteiger partial charge is 0.364 e. The molecule has 1 aliphatic rings. The van der Waals surface area contributed by atoms with Crippen molar-refractivity contribution < 1.29 is 4.79 Å². The van der Waals surface area contributed by atoms with Gasteiger partial charge in [-0.2, -0.15) is 0 Å². The summed E-state index contributed by atoms with van der Waals surface area (Å²) >= 11 is 1.84. The van der Waals surface area contributed by atoms with Gasteiger partial charge >= 0.3 is 0 Å². The van der Waals surface area contributed by atoms with Crippen LogP contribution >= 0.6 is 11.3 Å². The first-order valence-corrected chi connectivity index (χ1v) is 7.47. The van der Waals surface area contributed by atoms with E-state index in [9.17, 15) is 4.79 Å². The first-order valence-electron chi connectivity index (χ1n) is 6.59. The summed E-state index contributed by atoms with van der Waals surface area (Å²) in [5.74, 6) is 0. The van der Waals surface area contributed by atoms with Crippen LogP contribution in [0.3, 0.4) is 0 Å². The second kappa shape index (κ2) is 4.82. The van der Waals surface area contributed by atoms with E-state index in [1.807, 2.05) is 24.3 Å². The number of aryl methyl sites for hydroxylation is 1. The highest BCUT2D eigenvalue weighted by atomic mass is 32.1. The van der Waals surface area contributed by atoms with Gasteiger partial charge in [-0.15, -0.1) is 11.3 Å². The third kappa shape index (κ3) is 2.08. The first kappa shape index (κ1) is 12.4. The Hall–Kier alpha value is -1.61. The maximum absolute atomic E-state index is 11.3. The van der Waals surface area contributed by atoms with E-state index in [4.69, 9.17) is 0 Å². The summed E-state index contributed by atoms with van der Waals surface area (Å²) in [5.41, 5.74) is 4.40. The van der Waals surface area contributed by atoms with Crippen LogP contribution in [0.2, 0.25) is 0 Å². The van der Waals surface area contributed by atoms with Gasteiger partial charge in [0, 0.05) is 22.7 Å². The molecule has 0 saturated carbocycles. The van der Waals surface area contributed by atoms with E-state index in [2.05, 4.69) is 35.4 Å². The highest BCUT2D eigenvalue weighted by Crippen LogP contribution is 2.37. The molecule has 0 fully saturated rings. The zero-order valence-corrected chi connectivity index (χ0v) is 12.0.